The van der Waals surface area contributed by atoms with E-state index >= 15 is 0 Å². The number of hydrazone groups is 1. The minimum absolute atomic E-state index is 0.141. The summed E-state index contributed by atoms with van der Waals surface area (Å²) in [6, 6.07) is 8.21. The summed E-state index contributed by atoms with van der Waals surface area (Å²) < 4.78 is 5.77. The number of hydrogen-bond donors (Lipinski definition) is 1. The van der Waals surface area contributed by atoms with Crippen LogP contribution in [0.15, 0.2) is 51.8 Å². The molecule has 7 nitrogen and oxygen atoms in total. The van der Waals surface area contributed by atoms with E-state index in [-0.39, 0.29) is 12.1 Å². The molecule has 26 heavy (non-hydrogen) atoms. The molecule has 0 fully saturated rings. The lowest BCUT2D eigenvalue weighted by atomic mass is 10.0. The van der Waals surface area contributed by atoms with E-state index in [1.165, 1.54) is 0 Å². The van der Waals surface area contributed by atoms with Gasteiger partial charge in [-0.15, -0.1) is 0 Å². The van der Waals surface area contributed by atoms with Crippen molar-refractivity contribution >= 4 is 23.6 Å². The zero-order valence-electron chi connectivity index (χ0n) is 15.3. The molecule has 3 heterocycles. The molecule has 0 bridgehead atoms. The van der Waals surface area contributed by atoms with Crippen molar-refractivity contribution in [1.29, 1.82) is 0 Å². The van der Waals surface area contributed by atoms with Gasteiger partial charge in [-0.25, -0.2) is 4.99 Å². The number of rotatable bonds is 4. The van der Waals surface area contributed by atoms with Gasteiger partial charge in [0.15, 0.2) is 11.7 Å². The number of hydrogen-bond acceptors (Lipinski definition) is 7. The van der Waals surface area contributed by atoms with Crippen LogP contribution in [0.3, 0.4) is 0 Å². The first kappa shape index (κ1) is 16.6. The summed E-state index contributed by atoms with van der Waals surface area (Å²) in [6.07, 6.45) is 6.00. The lowest BCUT2D eigenvalue weighted by Crippen LogP contribution is -2.45. The molecule has 3 aliphatic rings. The number of aliphatic imine (C=N–C) groups is 2. The number of fused-ring (bicyclic) bond motifs is 1. The second kappa shape index (κ2) is 6.82. The minimum atomic E-state index is 0.141. The van der Waals surface area contributed by atoms with Crippen molar-refractivity contribution in [2.24, 2.45) is 21.0 Å². The Kier molecular flexibility index (Phi) is 4.36. The smallest absolute Gasteiger partial charge is 0.173 e. The van der Waals surface area contributed by atoms with Gasteiger partial charge in [-0.1, -0.05) is 6.07 Å². The maximum atomic E-state index is 5.77. The third-order valence-electron chi connectivity index (χ3n) is 4.57. The molecule has 0 amide bonds. The highest BCUT2D eigenvalue weighted by molar-refractivity contribution is 6.45. The van der Waals surface area contributed by atoms with E-state index in [4.69, 9.17) is 9.73 Å². The molecule has 1 aromatic rings. The Hall–Kier alpha value is -2.83. The van der Waals surface area contributed by atoms with Crippen LogP contribution in [0, 0.1) is 5.92 Å². The molecular weight excluding hydrogens is 328 g/mol. The van der Waals surface area contributed by atoms with E-state index in [0.717, 1.165) is 36.2 Å². The van der Waals surface area contributed by atoms with Gasteiger partial charge >= 0.3 is 0 Å². The Bertz CT molecular complexity index is 797. The van der Waals surface area contributed by atoms with E-state index in [1.807, 2.05) is 68.8 Å². The van der Waals surface area contributed by atoms with Gasteiger partial charge in [-0.2, -0.15) is 5.10 Å². The molecule has 0 aromatic heterocycles. The van der Waals surface area contributed by atoms with Gasteiger partial charge in [-0.3, -0.25) is 10.0 Å². The molecule has 0 saturated heterocycles. The number of nitrogens with zero attached hydrogens (tertiary/aromatic N) is 5. The fourth-order valence-electron chi connectivity index (χ4n) is 3.43. The molecule has 0 saturated carbocycles. The van der Waals surface area contributed by atoms with Crippen LogP contribution in [0.2, 0.25) is 0 Å². The molecular formula is C19H24N6O. The van der Waals surface area contributed by atoms with Gasteiger partial charge in [0.1, 0.15) is 5.75 Å². The number of anilines is 1. The molecule has 136 valence electrons. The Morgan fingerprint density at radius 1 is 1.31 bits per heavy atom. The standard InChI is InChI=1S/C19H24N6O/c1-13(2)26-16-6-4-5-15(9-16)23-18-19-21-11-17(25(19)8-7-20-18)14-10-22-24(3)12-14/h4-10,13-14,17H,11-12H2,1-3H3,(H,20,23). The van der Waals surface area contributed by atoms with Crippen molar-refractivity contribution in [2.45, 2.75) is 26.0 Å². The highest BCUT2D eigenvalue weighted by atomic mass is 16.5. The first-order chi connectivity index (χ1) is 12.6. The number of nitrogens with one attached hydrogen (secondary N) is 1. The Labute approximate surface area is 153 Å². The van der Waals surface area contributed by atoms with Crippen LogP contribution in [0.4, 0.5) is 5.69 Å². The lowest BCUT2D eigenvalue weighted by Gasteiger charge is -2.29. The van der Waals surface area contributed by atoms with Gasteiger partial charge in [0.2, 0.25) is 0 Å². The van der Waals surface area contributed by atoms with Gasteiger partial charge < -0.3 is 15.0 Å². The van der Waals surface area contributed by atoms with E-state index in [9.17, 15) is 0 Å². The molecule has 1 N–H and O–H groups in total. The van der Waals surface area contributed by atoms with Gasteiger partial charge in [0, 0.05) is 49.9 Å². The van der Waals surface area contributed by atoms with Crippen molar-refractivity contribution in [3.63, 3.8) is 0 Å². The molecule has 1 aromatic carbocycles. The molecule has 0 spiro atoms. The van der Waals surface area contributed by atoms with Crippen LogP contribution < -0.4 is 10.1 Å². The van der Waals surface area contributed by atoms with Crippen LogP contribution in [0.25, 0.3) is 0 Å². The molecule has 0 aliphatic carbocycles. The summed E-state index contributed by atoms with van der Waals surface area (Å²) >= 11 is 0. The largest absolute Gasteiger partial charge is 0.491 e. The zero-order chi connectivity index (χ0) is 18.1. The quantitative estimate of drug-likeness (QED) is 0.904. The topological polar surface area (TPSA) is 64.8 Å². The van der Waals surface area contributed by atoms with Crippen LogP contribution >= 0.6 is 0 Å². The highest BCUT2D eigenvalue weighted by Crippen LogP contribution is 2.25. The van der Waals surface area contributed by atoms with Crippen molar-refractivity contribution in [2.75, 3.05) is 25.5 Å². The molecule has 2 unspecified atom stereocenters. The third-order valence-corrected chi connectivity index (χ3v) is 4.57. The fourth-order valence-corrected chi connectivity index (χ4v) is 3.43. The fraction of sp³-hybridized carbons (Fsp3) is 0.421. The highest BCUT2D eigenvalue weighted by Gasteiger charge is 2.37. The normalized spacial score (nSPS) is 24.0. The molecule has 4 rings (SSSR count). The minimum Gasteiger partial charge on any atom is -0.491 e. The average molecular weight is 352 g/mol. The van der Waals surface area contributed by atoms with Gasteiger partial charge in [0.05, 0.1) is 18.7 Å². The lowest BCUT2D eigenvalue weighted by molar-refractivity contribution is 0.242. The Balaban J connectivity index is 1.48. The monoisotopic (exact) mass is 352 g/mol. The molecule has 0 radical (unpaired) electrons. The van der Waals surface area contributed by atoms with Crippen LogP contribution in [-0.2, 0) is 0 Å². The van der Waals surface area contributed by atoms with Crippen LogP contribution in [0.5, 0.6) is 5.75 Å². The van der Waals surface area contributed by atoms with Gasteiger partial charge in [0.25, 0.3) is 0 Å². The summed E-state index contributed by atoms with van der Waals surface area (Å²) in [5.41, 5.74) is 0.936. The summed E-state index contributed by atoms with van der Waals surface area (Å²) in [7, 11) is 2.00. The molecule has 2 atom stereocenters. The average Bonchev–Trinajstić information content (AvgIpc) is 3.21. The first-order valence-corrected chi connectivity index (χ1v) is 8.97. The van der Waals surface area contributed by atoms with Crippen molar-refractivity contribution in [3.05, 3.63) is 36.7 Å². The van der Waals surface area contributed by atoms with E-state index < -0.39 is 0 Å². The number of benzene rings is 1. The maximum Gasteiger partial charge on any atom is 0.173 e. The SMILES string of the molecule is CC(C)Oc1cccc(NC2=NC=CN3C2=NCC3C2C=NN(C)C2)c1. The van der Waals surface area contributed by atoms with Crippen molar-refractivity contribution in [3.8, 4) is 5.75 Å². The third kappa shape index (κ3) is 3.29. The summed E-state index contributed by atoms with van der Waals surface area (Å²) in [6.45, 7) is 5.71. The summed E-state index contributed by atoms with van der Waals surface area (Å²) in [5, 5.41) is 9.73. The second-order valence-electron chi connectivity index (χ2n) is 7.00. The second-order valence-corrected chi connectivity index (χ2v) is 7.00. The van der Waals surface area contributed by atoms with Crippen LogP contribution in [-0.4, -0.2) is 60.1 Å². The van der Waals surface area contributed by atoms with Crippen molar-refractivity contribution < 1.29 is 4.74 Å². The maximum absolute atomic E-state index is 5.77. The van der Waals surface area contributed by atoms with Crippen LogP contribution in [0.1, 0.15) is 13.8 Å². The first-order valence-electron chi connectivity index (χ1n) is 8.97. The van der Waals surface area contributed by atoms with Gasteiger partial charge in [-0.05, 0) is 26.0 Å². The molecule has 7 heteroatoms. The van der Waals surface area contributed by atoms with Crippen molar-refractivity contribution in [1.82, 2.24) is 9.91 Å². The van der Waals surface area contributed by atoms with E-state index in [2.05, 4.69) is 20.3 Å². The van der Waals surface area contributed by atoms with E-state index in [1.54, 1.807) is 0 Å². The van der Waals surface area contributed by atoms with E-state index in [0.29, 0.717) is 5.92 Å². The number of ether oxygens (including phenoxy) is 1. The summed E-state index contributed by atoms with van der Waals surface area (Å²) in [4.78, 5) is 11.5. The molecule has 3 aliphatic heterocycles. The zero-order valence-corrected chi connectivity index (χ0v) is 15.3. The number of amidine groups is 2. The summed E-state index contributed by atoms with van der Waals surface area (Å²) in [5.74, 6) is 2.86. The predicted octanol–water partition coefficient (Wildman–Crippen LogP) is 2.40. The predicted molar refractivity (Wildman–Crippen MR) is 105 cm³/mol. The Morgan fingerprint density at radius 3 is 2.96 bits per heavy atom. The Morgan fingerprint density at radius 2 is 2.19 bits per heavy atom.